The van der Waals surface area contributed by atoms with Crippen molar-refractivity contribution in [3.8, 4) is 0 Å². The molecule has 0 heterocycles. The van der Waals surface area contributed by atoms with E-state index in [4.69, 9.17) is 18.9 Å². The number of hydrogen-bond donors (Lipinski definition) is 1. The Hall–Kier alpha value is -3.36. The van der Waals surface area contributed by atoms with Crippen molar-refractivity contribution in [3.63, 3.8) is 0 Å². The van der Waals surface area contributed by atoms with Crippen molar-refractivity contribution in [3.05, 3.63) is 121 Å². The van der Waals surface area contributed by atoms with E-state index in [1.807, 2.05) is 163 Å². The summed E-state index contributed by atoms with van der Waals surface area (Å²) in [6, 6.07) is 37.8. The van der Waals surface area contributed by atoms with Crippen molar-refractivity contribution in [1.29, 1.82) is 0 Å². The van der Waals surface area contributed by atoms with Crippen LogP contribution in [0.2, 0.25) is 10.1 Å². The lowest BCUT2D eigenvalue weighted by molar-refractivity contribution is -0.330. The van der Waals surface area contributed by atoms with Gasteiger partial charge in [-0.05, 0) is 30.8 Å². The SMILES string of the molecule is CC(C)(C)[Si](OOC[C@@H](O)[C@@H](OO[Si](c1ccccc1)(c1ccccc1)C(C)(C)C)C(F)(F)C=O)(c1ccccc1)c1ccccc1. The number of aliphatic hydroxyl groups excluding tert-OH is 1. The quantitative estimate of drug-likeness (QED) is 0.0815. The van der Waals surface area contributed by atoms with E-state index in [9.17, 15) is 9.90 Å². The van der Waals surface area contributed by atoms with Crippen molar-refractivity contribution < 1.29 is 37.6 Å². The first-order valence-electron chi connectivity index (χ1n) is 15.6. The van der Waals surface area contributed by atoms with Crippen molar-refractivity contribution in [2.45, 2.75) is 69.7 Å². The standard InChI is InChI=1S/C37H44F2O6Si2/c1-35(2,3)46(29-19-11-7-12-20-29,30-21-13-8-14-22-30)44-42-27-33(41)34(37(38,39)28-40)43-45-47(36(4,5)6,31-23-15-9-16-24-31)32-25-17-10-18-26-32/h7-26,28,33-34,41H,27H2,1-6H3/t33-,34-/m1/s1. The monoisotopic (exact) mass is 678 g/mol. The van der Waals surface area contributed by atoms with Gasteiger partial charge in [0.25, 0.3) is 0 Å². The summed E-state index contributed by atoms with van der Waals surface area (Å²) in [7, 11) is -6.69. The molecular formula is C37H44F2O6Si2. The summed E-state index contributed by atoms with van der Waals surface area (Å²) in [5, 5.41) is 13.5. The highest BCUT2D eigenvalue weighted by molar-refractivity contribution is 7.00. The van der Waals surface area contributed by atoms with Gasteiger partial charge in [0.2, 0.25) is 0 Å². The number of hydrogen-bond acceptors (Lipinski definition) is 6. The third kappa shape index (κ3) is 7.54. The largest absolute Gasteiger partial charge is 0.387 e. The lowest BCUT2D eigenvalue weighted by Gasteiger charge is -2.43. The Morgan fingerprint density at radius 2 is 0.936 bits per heavy atom. The Labute approximate surface area is 278 Å². The molecule has 4 aromatic carbocycles. The predicted molar refractivity (Wildman–Crippen MR) is 185 cm³/mol. The van der Waals surface area contributed by atoms with Crippen LogP contribution in [-0.2, 0) is 23.7 Å². The summed E-state index contributed by atoms with van der Waals surface area (Å²) in [6.45, 7) is 11.2. The first-order chi connectivity index (χ1) is 22.2. The van der Waals surface area contributed by atoms with Crippen LogP contribution in [0.4, 0.5) is 8.78 Å². The molecule has 0 aromatic heterocycles. The number of carbonyl (C=O) groups excluding carboxylic acids is 1. The third-order valence-electron chi connectivity index (χ3n) is 8.42. The maximum Gasteiger partial charge on any atom is 0.333 e. The minimum atomic E-state index is -4.12. The highest BCUT2D eigenvalue weighted by atomic mass is 28.4. The molecule has 0 aliphatic carbocycles. The van der Waals surface area contributed by atoms with E-state index in [-0.39, 0.29) is 0 Å². The zero-order valence-corrected chi connectivity index (χ0v) is 29.7. The van der Waals surface area contributed by atoms with Crippen LogP contribution >= 0.6 is 0 Å². The third-order valence-corrected chi connectivity index (χ3v) is 17.9. The van der Waals surface area contributed by atoms with Crippen LogP contribution in [0.1, 0.15) is 41.5 Å². The van der Waals surface area contributed by atoms with Crippen LogP contribution < -0.4 is 20.7 Å². The van der Waals surface area contributed by atoms with Crippen LogP contribution in [0.5, 0.6) is 0 Å². The first-order valence-corrected chi connectivity index (χ1v) is 19.4. The molecule has 0 unspecified atom stereocenters. The molecule has 0 aliphatic rings. The lowest BCUT2D eigenvalue weighted by atomic mass is 10.1. The van der Waals surface area contributed by atoms with Gasteiger partial charge in [-0.2, -0.15) is 8.78 Å². The van der Waals surface area contributed by atoms with Gasteiger partial charge in [0.15, 0.2) is 12.4 Å². The Balaban J connectivity index is 1.68. The zero-order chi connectivity index (χ0) is 34.3. The average molecular weight is 679 g/mol. The zero-order valence-electron chi connectivity index (χ0n) is 27.7. The summed E-state index contributed by atoms with van der Waals surface area (Å²) >= 11 is 0. The minimum Gasteiger partial charge on any atom is -0.387 e. The molecule has 0 saturated heterocycles. The van der Waals surface area contributed by atoms with E-state index in [0.717, 1.165) is 20.7 Å². The van der Waals surface area contributed by atoms with E-state index in [1.165, 1.54) is 0 Å². The molecule has 250 valence electrons. The molecule has 47 heavy (non-hydrogen) atoms. The Bertz CT molecular complexity index is 1470. The van der Waals surface area contributed by atoms with Crippen LogP contribution in [0.25, 0.3) is 0 Å². The van der Waals surface area contributed by atoms with Gasteiger partial charge >= 0.3 is 22.6 Å². The second-order valence-electron chi connectivity index (χ2n) is 13.7. The number of halogens is 2. The molecule has 0 bridgehead atoms. The van der Waals surface area contributed by atoms with Gasteiger partial charge in [0.05, 0.1) is 0 Å². The molecular weight excluding hydrogens is 635 g/mol. The van der Waals surface area contributed by atoms with Gasteiger partial charge in [-0.3, -0.25) is 13.9 Å². The van der Waals surface area contributed by atoms with Crippen molar-refractivity contribution >= 4 is 43.7 Å². The fraction of sp³-hybridized carbons (Fsp3) is 0.324. The molecule has 1 N–H and O–H groups in total. The lowest BCUT2D eigenvalue weighted by Crippen LogP contribution is -2.67. The smallest absolute Gasteiger partial charge is 0.333 e. The van der Waals surface area contributed by atoms with Gasteiger partial charge in [-0.1, -0.05) is 163 Å². The molecule has 0 spiro atoms. The average Bonchev–Trinajstić information content (AvgIpc) is 3.05. The normalized spacial score (nSPS) is 14.4. The molecule has 0 amide bonds. The Morgan fingerprint density at radius 1 is 0.617 bits per heavy atom. The van der Waals surface area contributed by atoms with Crippen molar-refractivity contribution in [2.24, 2.45) is 0 Å². The highest BCUT2D eigenvalue weighted by Crippen LogP contribution is 2.39. The van der Waals surface area contributed by atoms with Crippen LogP contribution in [-0.4, -0.2) is 52.8 Å². The summed E-state index contributed by atoms with van der Waals surface area (Å²) in [5.41, 5.74) is 0. The minimum absolute atomic E-state index is 0.477. The second kappa shape index (κ2) is 14.8. The van der Waals surface area contributed by atoms with Gasteiger partial charge in [-0.15, -0.1) is 0 Å². The number of aliphatic hydroxyl groups is 1. The van der Waals surface area contributed by atoms with Crippen LogP contribution in [0.3, 0.4) is 0 Å². The topological polar surface area (TPSA) is 74.2 Å². The summed E-state index contributed by atoms with van der Waals surface area (Å²) in [4.78, 5) is 23.0. The van der Waals surface area contributed by atoms with Crippen molar-refractivity contribution in [2.75, 3.05) is 6.61 Å². The van der Waals surface area contributed by atoms with Crippen molar-refractivity contribution in [1.82, 2.24) is 0 Å². The van der Waals surface area contributed by atoms with E-state index >= 15 is 8.78 Å². The summed E-state index contributed by atoms with van der Waals surface area (Å²) < 4.78 is 43.2. The number of alkyl halides is 2. The van der Waals surface area contributed by atoms with E-state index < -0.39 is 57.7 Å². The maximum absolute atomic E-state index is 15.3. The van der Waals surface area contributed by atoms with E-state index in [0.29, 0.717) is 0 Å². The molecule has 0 saturated carbocycles. The Kier molecular flexibility index (Phi) is 11.5. The van der Waals surface area contributed by atoms with Gasteiger partial charge < -0.3 is 5.11 Å². The molecule has 4 aromatic rings. The van der Waals surface area contributed by atoms with E-state index in [1.54, 1.807) is 0 Å². The Morgan fingerprint density at radius 3 is 1.23 bits per heavy atom. The number of benzene rings is 4. The molecule has 4 rings (SSSR count). The summed E-state index contributed by atoms with van der Waals surface area (Å²) in [6.07, 6.45) is -4.95. The molecule has 6 nitrogen and oxygen atoms in total. The van der Waals surface area contributed by atoms with Crippen LogP contribution in [0.15, 0.2) is 121 Å². The predicted octanol–water partition coefficient (Wildman–Crippen LogP) is 5.57. The highest BCUT2D eigenvalue weighted by Gasteiger charge is 2.56. The van der Waals surface area contributed by atoms with Gasteiger partial charge in [-0.25, -0.2) is 9.78 Å². The fourth-order valence-corrected chi connectivity index (χ4v) is 14.2. The maximum atomic E-state index is 15.3. The molecule has 0 aliphatic heterocycles. The van der Waals surface area contributed by atoms with E-state index in [2.05, 4.69) is 0 Å². The number of rotatable bonds is 14. The van der Waals surface area contributed by atoms with Gasteiger partial charge in [0, 0.05) is 0 Å². The molecule has 0 radical (unpaired) electrons. The molecule has 2 atom stereocenters. The molecule has 0 fully saturated rings. The number of carbonyl (C=O) groups is 1. The number of aldehydes is 1. The molecule has 10 heteroatoms. The van der Waals surface area contributed by atoms with Crippen LogP contribution in [0, 0.1) is 0 Å². The fourth-order valence-electron chi connectivity index (χ4n) is 6.05. The first kappa shape index (κ1) is 36.5. The second-order valence-corrected chi connectivity index (χ2v) is 22.0. The van der Waals surface area contributed by atoms with Gasteiger partial charge in [0.1, 0.15) is 12.7 Å². The summed E-state index contributed by atoms with van der Waals surface area (Å²) in [5.74, 6) is -4.12.